The van der Waals surface area contributed by atoms with Crippen molar-refractivity contribution in [3.05, 3.63) is 74.3 Å². The van der Waals surface area contributed by atoms with Crippen molar-refractivity contribution in [3.63, 3.8) is 0 Å². The minimum absolute atomic E-state index is 0.0946. The SMILES string of the molecule is O=C(/C=C/c1ccc(Cl)c(Cl)c1)N1CCN(S(=O)(=O)c2cccc([N+](=O)[O-])c2)CC1. The predicted molar refractivity (Wildman–Crippen MR) is 114 cm³/mol. The van der Waals surface area contributed by atoms with E-state index in [1.54, 1.807) is 24.3 Å². The maximum absolute atomic E-state index is 12.8. The standard InChI is InChI=1S/C19H17Cl2N3O5S/c20-17-6-4-14(12-18(17)21)5-7-19(25)22-8-10-23(11-9-22)30(28,29)16-3-1-2-15(13-16)24(26)27/h1-7,12-13H,8-11H2/b7-5+. The van der Waals surface area contributed by atoms with Crippen LogP contribution in [0.2, 0.25) is 10.0 Å². The first-order valence-corrected chi connectivity index (χ1v) is 11.0. The van der Waals surface area contributed by atoms with Gasteiger partial charge in [-0.25, -0.2) is 8.42 Å². The number of non-ortho nitro benzene ring substituents is 1. The number of nitro benzene ring substituents is 1. The van der Waals surface area contributed by atoms with E-state index in [0.717, 1.165) is 6.07 Å². The normalized spacial score (nSPS) is 15.5. The molecule has 0 aliphatic carbocycles. The fourth-order valence-electron chi connectivity index (χ4n) is 2.94. The molecule has 2 aromatic carbocycles. The first-order chi connectivity index (χ1) is 14.2. The molecule has 0 radical (unpaired) electrons. The summed E-state index contributed by atoms with van der Waals surface area (Å²) in [5.41, 5.74) is 0.418. The summed E-state index contributed by atoms with van der Waals surface area (Å²) in [5.74, 6) is -0.256. The van der Waals surface area contributed by atoms with Crippen LogP contribution in [-0.4, -0.2) is 54.6 Å². The van der Waals surface area contributed by atoms with Gasteiger partial charge < -0.3 is 4.90 Å². The molecule has 0 bridgehead atoms. The molecule has 30 heavy (non-hydrogen) atoms. The molecular formula is C19H17Cl2N3O5S. The van der Waals surface area contributed by atoms with Crippen LogP contribution in [0.4, 0.5) is 5.69 Å². The smallest absolute Gasteiger partial charge is 0.270 e. The summed E-state index contributed by atoms with van der Waals surface area (Å²) in [5, 5.41) is 11.7. The lowest BCUT2D eigenvalue weighted by Crippen LogP contribution is -2.50. The second-order valence-corrected chi connectivity index (χ2v) is 9.24. The van der Waals surface area contributed by atoms with E-state index < -0.39 is 14.9 Å². The second kappa shape index (κ2) is 9.13. The van der Waals surface area contributed by atoms with Gasteiger partial charge in [-0.3, -0.25) is 14.9 Å². The summed E-state index contributed by atoms with van der Waals surface area (Å²) in [6.45, 7) is 0.603. The first-order valence-electron chi connectivity index (χ1n) is 8.85. The maximum atomic E-state index is 12.8. The van der Waals surface area contributed by atoms with Gasteiger partial charge in [0.05, 0.1) is 19.9 Å². The Hall–Kier alpha value is -2.46. The zero-order valence-electron chi connectivity index (χ0n) is 15.6. The molecule has 1 amide bonds. The molecule has 0 aromatic heterocycles. The van der Waals surface area contributed by atoms with Gasteiger partial charge in [-0.2, -0.15) is 4.31 Å². The number of benzene rings is 2. The Morgan fingerprint density at radius 1 is 1.03 bits per heavy atom. The topological polar surface area (TPSA) is 101 Å². The monoisotopic (exact) mass is 469 g/mol. The summed E-state index contributed by atoms with van der Waals surface area (Å²) in [4.78, 5) is 24.1. The quantitative estimate of drug-likeness (QED) is 0.379. The molecule has 1 aliphatic rings. The number of sulfonamides is 1. The van der Waals surface area contributed by atoms with Gasteiger partial charge in [0.15, 0.2) is 0 Å². The van der Waals surface area contributed by atoms with E-state index in [1.165, 1.54) is 33.5 Å². The molecule has 2 aromatic rings. The highest BCUT2D eigenvalue weighted by Gasteiger charge is 2.30. The third-order valence-corrected chi connectivity index (χ3v) is 7.21. The van der Waals surface area contributed by atoms with Crippen molar-refractivity contribution in [1.82, 2.24) is 9.21 Å². The molecule has 1 aliphatic heterocycles. The van der Waals surface area contributed by atoms with E-state index in [4.69, 9.17) is 23.2 Å². The first kappa shape index (κ1) is 22.2. The lowest BCUT2D eigenvalue weighted by Gasteiger charge is -2.33. The van der Waals surface area contributed by atoms with Crippen LogP contribution >= 0.6 is 23.2 Å². The van der Waals surface area contributed by atoms with Crippen molar-refractivity contribution >= 4 is 50.9 Å². The van der Waals surface area contributed by atoms with Crippen molar-refractivity contribution in [2.45, 2.75) is 4.90 Å². The predicted octanol–water partition coefficient (Wildman–Crippen LogP) is 3.45. The molecule has 0 unspecified atom stereocenters. The van der Waals surface area contributed by atoms with Gasteiger partial charge in [0, 0.05) is 44.4 Å². The maximum Gasteiger partial charge on any atom is 0.270 e. The van der Waals surface area contributed by atoms with Gasteiger partial charge >= 0.3 is 0 Å². The Morgan fingerprint density at radius 3 is 2.37 bits per heavy atom. The molecule has 0 saturated carbocycles. The second-order valence-electron chi connectivity index (χ2n) is 6.49. The fourth-order valence-corrected chi connectivity index (χ4v) is 4.71. The molecular weight excluding hydrogens is 453 g/mol. The average molecular weight is 470 g/mol. The molecule has 1 fully saturated rings. The van der Waals surface area contributed by atoms with Gasteiger partial charge in [0.25, 0.3) is 5.69 Å². The van der Waals surface area contributed by atoms with E-state index in [2.05, 4.69) is 0 Å². The summed E-state index contributed by atoms with van der Waals surface area (Å²) in [6, 6.07) is 9.91. The van der Waals surface area contributed by atoms with Crippen molar-refractivity contribution in [3.8, 4) is 0 Å². The number of nitrogens with zero attached hydrogens (tertiary/aromatic N) is 3. The number of piperazine rings is 1. The van der Waals surface area contributed by atoms with E-state index in [9.17, 15) is 23.3 Å². The Morgan fingerprint density at radius 2 is 1.73 bits per heavy atom. The summed E-state index contributed by atoms with van der Waals surface area (Å²) in [6.07, 6.45) is 3.00. The molecule has 0 N–H and O–H groups in total. The van der Waals surface area contributed by atoms with Gasteiger partial charge in [0.2, 0.25) is 15.9 Å². The molecule has 3 rings (SSSR count). The van der Waals surface area contributed by atoms with Gasteiger partial charge in [-0.15, -0.1) is 0 Å². The zero-order chi connectivity index (χ0) is 21.9. The summed E-state index contributed by atoms with van der Waals surface area (Å²) in [7, 11) is -3.89. The third kappa shape index (κ3) is 4.99. The number of carbonyl (C=O) groups excluding carboxylic acids is 1. The fraction of sp³-hybridized carbons (Fsp3) is 0.211. The Balaban J connectivity index is 1.64. The van der Waals surface area contributed by atoms with Crippen molar-refractivity contribution in [2.75, 3.05) is 26.2 Å². The van der Waals surface area contributed by atoms with Crippen molar-refractivity contribution < 1.29 is 18.1 Å². The Labute approximate surface area is 183 Å². The molecule has 1 saturated heterocycles. The minimum Gasteiger partial charge on any atom is -0.337 e. The summed E-state index contributed by atoms with van der Waals surface area (Å²) >= 11 is 11.8. The average Bonchev–Trinajstić information content (AvgIpc) is 2.74. The van der Waals surface area contributed by atoms with Crippen molar-refractivity contribution in [1.29, 1.82) is 0 Å². The number of hydrogen-bond acceptors (Lipinski definition) is 5. The Kier molecular flexibility index (Phi) is 6.77. The molecule has 0 atom stereocenters. The molecule has 158 valence electrons. The molecule has 11 heteroatoms. The van der Waals surface area contributed by atoms with Gasteiger partial charge in [-0.1, -0.05) is 35.3 Å². The van der Waals surface area contributed by atoms with Crippen LogP contribution in [-0.2, 0) is 14.8 Å². The number of halogens is 2. The third-order valence-electron chi connectivity index (χ3n) is 4.58. The number of amides is 1. The summed E-state index contributed by atoms with van der Waals surface area (Å²) < 4.78 is 26.8. The highest BCUT2D eigenvalue weighted by molar-refractivity contribution is 7.89. The number of nitro groups is 1. The van der Waals surface area contributed by atoms with E-state index in [0.29, 0.717) is 15.6 Å². The minimum atomic E-state index is -3.89. The highest BCUT2D eigenvalue weighted by Crippen LogP contribution is 2.24. The molecule has 8 nitrogen and oxygen atoms in total. The van der Waals surface area contributed by atoms with Crippen LogP contribution in [0.25, 0.3) is 6.08 Å². The van der Waals surface area contributed by atoms with Crippen LogP contribution in [0.3, 0.4) is 0 Å². The van der Waals surface area contributed by atoms with E-state index >= 15 is 0 Å². The highest BCUT2D eigenvalue weighted by atomic mass is 35.5. The van der Waals surface area contributed by atoms with Crippen LogP contribution in [0, 0.1) is 10.1 Å². The largest absolute Gasteiger partial charge is 0.337 e. The van der Waals surface area contributed by atoms with Crippen LogP contribution in [0.1, 0.15) is 5.56 Å². The van der Waals surface area contributed by atoms with Gasteiger partial charge in [-0.05, 0) is 29.8 Å². The lowest BCUT2D eigenvalue weighted by atomic mass is 10.2. The number of carbonyl (C=O) groups is 1. The van der Waals surface area contributed by atoms with E-state index in [-0.39, 0.29) is 42.7 Å². The van der Waals surface area contributed by atoms with Gasteiger partial charge in [0.1, 0.15) is 0 Å². The zero-order valence-corrected chi connectivity index (χ0v) is 17.9. The van der Waals surface area contributed by atoms with Crippen LogP contribution in [0.5, 0.6) is 0 Å². The molecule has 0 spiro atoms. The van der Waals surface area contributed by atoms with Crippen LogP contribution < -0.4 is 0 Å². The number of hydrogen-bond donors (Lipinski definition) is 0. The lowest BCUT2D eigenvalue weighted by molar-refractivity contribution is -0.385. The van der Waals surface area contributed by atoms with Crippen LogP contribution in [0.15, 0.2) is 53.4 Å². The van der Waals surface area contributed by atoms with Crippen molar-refractivity contribution in [2.24, 2.45) is 0 Å². The Bertz CT molecular complexity index is 1110. The van der Waals surface area contributed by atoms with E-state index in [1.807, 2.05) is 0 Å². The molecule has 1 heterocycles. The number of rotatable bonds is 5.